The summed E-state index contributed by atoms with van der Waals surface area (Å²) < 4.78 is 5.46. The van der Waals surface area contributed by atoms with Gasteiger partial charge < -0.3 is 20.5 Å². The van der Waals surface area contributed by atoms with Crippen LogP contribution in [-0.2, 0) is 35.5 Å². The molecule has 55 heavy (non-hydrogen) atoms. The first kappa shape index (κ1) is 38.9. The first-order chi connectivity index (χ1) is 26.7. The molecule has 0 spiro atoms. The predicted octanol–water partition coefficient (Wildman–Crippen LogP) is 7.91. The highest BCUT2D eigenvalue weighted by Crippen LogP contribution is 2.35. The monoisotopic (exact) mass is 738 g/mol. The van der Waals surface area contributed by atoms with Crippen LogP contribution in [0, 0.1) is 20.2 Å². The molecule has 0 aliphatic carbocycles. The van der Waals surface area contributed by atoms with Gasteiger partial charge in [0.2, 0.25) is 12.8 Å². The van der Waals surface area contributed by atoms with Crippen molar-refractivity contribution in [1.82, 2.24) is 10.6 Å². The number of nitrogens with zero attached hydrogens (tertiary/aromatic N) is 2. The van der Waals surface area contributed by atoms with Gasteiger partial charge in [0, 0.05) is 48.5 Å². The highest BCUT2D eigenvalue weighted by atomic mass is 16.6. The normalized spacial score (nSPS) is 10.3. The van der Waals surface area contributed by atoms with Crippen LogP contribution >= 0.6 is 0 Å². The van der Waals surface area contributed by atoms with Gasteiger partial charge in [-0.25, -0.2) is 0 Å². The van der Waals surface area contributed by atoms with E-state index in [2.05, 4.69) is 10.6 Å². The van der Waals surface area contributed by atoms with Crippen molar-refractivity contribution in [2.45, 2.75) is 25.9 Å². The van der Waals surface area contributed by atoms with Gasteiger partial charge in [0.1, 0.15) is 11.5 Å². The van der Waals surface area contributed by atoms with Crippen LogP contribution in [-0.4, -0.2) is 34.9 Å². The first-order valence-electron chi connectivity index (χ1n) is 17.2. The standard InChI is InChI=1S/C22H20N2O4.C21H18N2O4/c1-28-22-10-9-16(11-17-5-2-3-6-19(17)14-23-15-25)12-21(22)18-7-4-8-20(13-18)24(26)27;24-14-22-13-18-5-2-1-4-16(18)10-15-8-9-21(25)20(11-15)17-6-3-7-19(12-17)23(26)27/h2-10,12-13,15H,11,14H2,1H3,(H,23,25);1-9,11-12,14,25H,10,13H2,(H,22,24). The summed E-state index contributed by atoms with van der Waals surface area (Å²) in [7, 11) is 1.58. The second-order valence-corrected chi connectivity index (χ2v) is 12.4. The SMILES string of the molecule is COc1ccc(Cc2ccccc2CNC=O)cc1-c1cccc([N+](=O)[O-])c1.O=CNCc1ccccc1Cc1ccc(O)c(-c2cccc([N+](=O)[O-])c2)c1. The minimum atomic E-state index is -0.458. The summed E-state index contributed by atoms with van der Waals surface area (Å²) in [5, 5.41) is 37.7. The number of hydrogen-bond donors (Lipinski definition) is 3. The highest BCUT2D eigenvalue weighted by Gasteiger charge is 2.14. The Hall–Kier alpha value is -7.34. The minimum Gasteiger partial charge on any atom is -0.507 e. The Morgan fingerprint density at radius 1 is 0.582 bits per heavy atom. The van der Waals surface area contributed by atoms with Crippen molar-refractivity contribution in [1.29, 1.82) is 0 Å². The van der Waals surface area contributed by atoms with E-state index in [1.54, 1.807) is 37.4 Å². The van der Waals surface area contributed by atoms with E-state index in [0.29, 0.717) is 55.6 Å². The molecule has 0 saturated heterocycles. The van der Waals surface area contributed by atoms with Crippen molar-refractivity contribution in [2.24, 2.45) is 0 Å². The Bertz CT molecular complexity index is 2310. The maximum absolute atomic E-state index is 11.1. The van der Waals surface area contributed by atoms with Crippen LogP contribution in [0.4, 0.5) is 11.4 Å². The molecular weight excluding hydrogens is 700 g/mol. The van der Waals surface area contributed by atoms with Crippen LogP contribution in [0.3, 0.4) is 0 Å². The summed E-state index contributed by atoms with van der Waals surface area (Å²) in [6, 6.07) is 39.5. The third kappa shape index (κ3) is 10.4. The second kappa shape index (κ2) is 18.9. The molecule has 2 amide bonds. The maximum atomic E-state index is 11.1. The fourth-order valence-electron chi connectivity index (χ4n) is 6.14. The first-order valence-corrected chi connectivity index (χ1v) is 17.2. The number of nitro groups is 2. The van der Waals surface area contributed by atoms with Gasteiger partial charge in [-0.3, -0.25) is 29.8 Å². The molecule has 0 bridgehead atoms. The number of carbonyl (C=O) groups is 2. The van der Waals surface area contributed by atoms with Gasteiger partial charge >= 0.3 is 0 Å². The smallest absolute Gasteiger partial charge is 0.270 e. The molecule has 0 aliphatic heterocycles. The number of amides is 2. The molecule has 0 radical (unpaired) electrons. The topological polar surface area (TPSA) is 174 Å². The highest BCUT2D eigenvalue weighted by molar-refractivity contribution is 5.74. The lowest BCUT2D eigenvalue weighted by molar-refractivity contribution is -0.385. The van der Waals surface area contributed by atoms with Gasteiger partial charge in [0.15, 0.2) is 0 Å². The van der Waals surface area contributed by atoms with E-state index < -0.39 is 9.85 Å². The number of hydrogen-bond acceptors (Lipinski definition) is 8. The summed E-state index contributed by atoms with van der Waals surface area (Å²) in [4.78, 5) is 42.5. The molecule has 0 fully saturated rings. The molecular formula is C43H38N4O8. The lowest BCUT2D eigenvalue weighted by atomic mass is 9.96. The van der Waals surface area contributed by atoms with E-state index in [9.17, 15) is 34.9 Å². The Kier molecular flexibility index (Phi) is 13.4. The lowest BCUT2D eigenvalue weighted by Gasteiger charge is -2.13. The zero-order valence-corrected chi connectivity index (χ0v) is 29.9. The number of methoxy groups -OCH3 is 1. The van der Waals surface area contributed by atoms with Crippen LogP contribution in [0.25, 0.3) is 22.3 Å². The molecule has 6 aromatic carbocycles. The largest absolute Gasteiger partial charge is 0.507 e. The van der Waals surface area contributed by atoms with Gasteiger partial charge in [-0.2, -0.15) is 0 Å². The average molecular weight is 739 g/mol. The number of phenols is 1. The fraction of sp³-hybridized carbons (Fsp3) is 0.116. The van der Waals surface area contributed by atoms with Gasteiger partial charge in [0.05, 0.1) is 17.0 Å². The fourth-order valence-corrected chi connectivity index (χ4v) is 6.14. The molecule has 0 saturated carbocycles. The predicted molar refractivity (Wildman–Crippen MR) is 210 cm³/mol. The van der Waals surface area contributed by atoms with Crippen LogP contribution in [0.5, 0.6) is 11.5 Å². The van der Waals surface area contributed by atoms with Crippen LogP contribution in [0.1, 0.15) is 33.4 Å². The molecule has 12 nitrogen and oxygen atoms in total. The molecule has 0 atom stereocenters. The van der Waals surface area contributed by atoms with Crippen LogP contribution in [0.2, 0.25) is 0 Å². The van der Waals surface area contributed by atoms with Crippen molar-refractivity contribution >= 4 is 24.2 Å². The number of nitrogens with one attached hydrogen (secondary N) is 2. The van der Waals surface area contributed by atoms with E-state index in [-0.39, 0.29) is 17.1 Å². The van der Waals surface area contributed by atoms with Crippen LogP contribution in [0.15, 0.2) is 133 Å². The van der Waals surface area contributed by atoms with Gasteiger partial charge in [-0.05, 0) is 81.6 Å². The summed E-state index contributed by atoms with van der Waals surface area (Å²) in [5.41, 5.74) is 8.87. The number of nitro benzene ring substituents is 2. The van der Waals surface area contributed by atoms with Crippen molar-refractivity contribution < 1.29 is 29.3 Å². The molecule has 3 N–H and O–H groups in total. The van der Waals surface area contributed by atoms with E-state index in [4.69, 9.17) is 4.74 Å². The summed E-state index contributed by atoms with van der Waals surface area (Å²) in [6.07, 6.45) is 2.63. The van der Waals surface area contributed by atoms with Gasteiger partial charge in [0.25, 0.3) is 11.4 Å². The average Bonchev–Trinajstić information content (AvgIpc) is 3.21. The van der Waals surface area contributed by atoms with Gasteiger partial charge in [-0.1, -0.05) is 84.9 Å². The van der Waals surface area contributed by atoms with Crippen molar-refractivity contribution in [3.63, 3.8) is 0 Å². The Morgan fingerprint density at radius 2 is 1.04 bits per heavy atom. The van der Waals surface area contributed by atoms with Gasteiger partial charge in [-0.15, -0.1) is 0 Å². The Balaban J connectivity index is 0.000000211. The number of non-ortho nitro benzene ring substituents is 2. The second-order valence-electron chi connectivity index (χ2n) is 12.4. The molecule has 0 heterocycles. The summed E-state index contributed by atoms with van der Waals surface area (Å²) in [6.45, 7) is 0.906. The summed E-state index contributed by atoms with van der Waals surface area (Å²) in [5.74, 6) is 0.718. The van der Waals surface area contributed by atoms with E-state index in [0.717, 1.165) is 44.5 Å². The number of carbonyl (C=O) groups excluding carboxylic acids is 2. The number of phenolic OH excluding ortho intramolecular Hbond substituents is 1. The van der Waals surface area contributed by atoms with Crippen LogP contribution < -0.4 is 15.4 Å². The van der Waals surface area contributed by atoms with Crippen molar-refractivity contribution in [3.8, 4) is 33.8 Å². The molecule has 0 aromatic heterocycles. The number of ether oxygens (including phenoxy) is 1. The van der Waals surface area contributed by atoms with Crippen molar-refractivity contribution in [3.05, 3.63) is 187 Å². The molecule has 12 heteroatoms. The number of rotatable bonds is 15. The molecule has 6 rings (SSSR count). The minimum absolute atomic E-state index is 0.0254. The Labute approximate surface area is 317 Å². The maximum Gasteiger partial charge on any atom is 0.270 e. The zero-order valence-electron chi connectivity index (χ0n) is 29.9. The van der Waals surface area contributed by atoms with E-state index in [1.165, 1.54) is 18.2 Å². The lowest BCUT2D eigenvalue weighted by Crippen LogP contribution is -2.11. The molecule has 0 unspecified atom stereocenters. The molecule has 0 aliphatic rings. The van der Waals surface area contributed by atoms with E-state index in [1.807, 2.05) is 84.9 Å². The van der Waals surface area contributed by atoms with Crippen molar-refractivity contribution in [2.75, 3.05) is 7.11 Å². The van der Waals surface area contributed by atoms with E-state index >= 15 is 0 Å². The zero-order chi connectivity index (χ0) is 39.2. The third-order valence-electron chi connectivity index (χ3n) is 8.84. The molecule has 278 valence electrons. The Morgan fingerprint density at radius 3 is 1.51 bits per heavy atom. The number of benzene rings is 6. The number of aromatic hydroxyl groups is 1. The quantitative estimate of drug-likeness (QED) is 0.0541. The third-order valence-corrected chi connectivity index (χ3v) is 8.84. The summed E-state index contributed by atoms with van der Waals surface area (Å²) >= 11 is 0. The molecule has 6 aromatic rings.